The predicted octanol–water partition coefficient (Wildman–Crippen LogP) is 6.15. The van der Waals surface area contributed by atoms with Gasteiger partial charge in [-0.15, -0.1) is 6.58 Å². The minimum atomic E-state index is -1.31. The van der Waals surface area contributed by atoms with E-state index in [4.69, 9.17) is 19.0 Å². The van der Waals surface area contributed by atoms with E-state index in [1.165, 1.54) is 7.11 Å². The van der Waals surface area contributed by atoms with Crippen LogP contribution in [0.2, 0.25) is 0 Å². The molecule has 6 unspecified atom stereocenters. The number of carbonyl (C=O) groups excluding carboxylic acids is 1. The van der Waals surface area contributed by atoms with E-state index >= 15 is 0 Å². The van der Waals surface area contributed by atoms with E-state index < -0.39 is 17.7 Å². The molecule has 3 aliphatic rings. The molecule has 1 heterocycles. The highest BCUT2D eigenvalue weighted by molar-refractivity contribution is 6.03. The summed E-state index contributed by atoms with van der Waals surface area (Å²) in [5.74, 6) is -0.279. The first kappa shape index (κ1) is 37.4. The van der Waals surface area contributed by atoms with Crippen LogP contribution in [0.4, 0.5) is 0 Å². The average Bonchev–Trinajstić information content (AvgIpc) is 3.12. The number of aromatic hydroxyl groups is 1. The summed E-state index contributed by atoms with van der Waals surface area (Å²) in [7, 11) is 3.15. The molecule has 10 nitrogen and oxygen atoms in total. The number of nitrogens with zero attached hydrogens (tertiary/aromatic N) is 2. The Balaban J connectivity index is 1.72. The van der Waals surface area contributed by atoms with Crippen molar-refractivity contribution in [3.05, 3.63) is 77.9 Å². The van der Waals surface area contributed by atoms with Gasteiger partial charge in [0.25, 0.3) is 0 Å². The first-order chi connectivity index (χ1) is 24.3. The summed E-state index contributed by atoms with van der Waals surface area (Å²) in [6, 6.07) is 12.2. The number of phenols is 1. The molecular formula is C40H54N2O8. The second kappa shape index (κ2) is 17.4. The fourth-order valence-corrected chi connectivity index (χ4v) is 8.52. The number of allylic oxidation sites excluding steroid dienone is 1. The topological polar surface area (TPSA) is 130 Å². The lowest BCUT2D eigenvalue weighted by atomic mass is 9.55. The van der Waals surface area contributed by atoms with Gasteiger partial charge in [-0.25, -0.2) is 0 Å². The van der Waals surface area contributed by atoms with E-state index in [1.807, 2.05) is 35.2 Å². The van der Waals surface area contributed by atoms with Crippen molar-refractivity contribution in [3.8, 4) is 17.2 Å². The van der Waals surface area contributed by atoms with Gasteiger partial charge in [0.1, 0.15) is 30.4 Å². The molecule has 0 aromatic heterocycles. The van der Waals surface area contributed by atoms with E-state index in [0.717, 1.165) is 48.1 Å². The minimum Gasteiger partial charge on any atom is -0.508 e. The molecule has 0 saturated heterocycles. The molecule has 1 amide bonds. The van der Waals surface area contributed by atoms with E-state index in [9.17, 15) is 20.1 Å². The van der Waals surface area contributed by atoms with Gasteiger partial charge in [0.2, 0.25) is 11.7 Å². The monoisotopic (exact) mass is 690 g/mol. The molecule has 1 saturated carbocycles. The van der Waals surface area contributed by atoms with Crippen molar-refractivity contribution < 1.29 is 39.2 Å². The smallest absolute Gasteiger partial charge is 0.239 e. The van der Waals surface area contributed by atoms with Crippen LogP contribution in [0.1, 0.15) is 75.3 Å². The molecule has 1 fully saturated rings. The Hall–Kier alpha value is -3.86. The van der Waals surface area contributed by atoms with E-state index in [0.29, 0.717) is 43.7 Å². The standard InChI is InChI=1S/C40H54N2O8/c1-5-18-42(37(46)23-27-12-11-14-30(22-27)47-3)36-26-34(41-48-4)32-24-28(13-7-9-19-43)31(15-8-10-20-44)38-33-25-29(45)16-17-35(33)50-40(36,39(32)38)49-21-6-2/h6,11-12,14,16-17,22,24-25,28,31,36,38-39,43-45H,2,5,7-10,13,15,18-21,23,26H2,1,3-4H3. The number of methoxy groups -OCH3 is 1. The van der Waals surface area contributed by atoms with Crippen molar-refractivity contribution in [2.24, 2.45) is 22.9 Å². The molecule has 3 N–H and O–H groups in total. The zero-order valence-corrected chi connectivity index (χ0v) is 29.8. The number of aliphatic hydroxyl groups is 2. The number of oxime groups is 1. The van der Waals surface area contributed by atoms with Gasteiger partial charge >= 0.3 is 0 Å². The number of aliphatic hydroxyl groups excluding tert-OH is 2. The number of ether oxygens (including phenoxy) is 3. The first-order valence-corrected chi connectivity index (χ1v) is 18.1. The number of hydrogen-bond acceptors (Lipinski definition) is 9. The Morgan fingerprint density at radius 3 is 2.58 bits per heavy atom. The summed E-state index contributed by atoms with van der Waals surface area (Å²) in [6.07, 6.45) is 9.98. The van der Waals surface area contributed by atoms with Crippen LogP contribution in [0.5, 0.6) is 17.2 Å². The second-order valence-electron chi connectivity index (χ2n) is 13.6. The number of fused-ring (bicyclic) bond motifs is 2. The maximum atomic E-state index is 14.5. The fraction of sp³-hybridized carbons (Fsp3) is 0.550. The highest BCUT2D eigenvalue weighted by Crippen LogP contribution is 2.61. The molecule has 2 aromatic carbocycles. The maximum Gasteiger partial charge on any atom is 0.239 e. The van der Waals surface area contributed by atoms with Crippen molar-refractivity contribution in [3.63, 3.8) is 0 Å². The van der Waals surface area contributed by atoms with Crippen molar-refractivity contribution >= 4 is 11.6 Å². The van der Waals surface area contributed by atoms with E-state index in [-0.39, 0.29) is 55.7 Å². The van der Waals surface area contributed by atoms with Crippen molar-refractivity contribution in [1.29, 1.82) is 0 Å². The van der Waals surface area contributed by atoms with Gasteiger partial charge in [-0.05, 0) is 85.4 Å². The quantitative estimate of drug-likeness (QED) is 0.0966. The SMILES string of the molecule is C=CCOC12Oc3ccc(O)cc3C3C(CCCCO)C(CCCCO)C=C(C(=NOC)CC1N(CCC)C(=O)Cc1cccc(OC)c1)C32. The normalized spacial score (nSPS) is 25.9. The largest absolute Gasteiger partial charge is 0.508 e. The Bertz CT molecular complexity index is 1520. The van der Waals surface area contributed by atoms with Gasteiger partial charge in [-0.1, -0.05) is 49.2 Å². The van der Waals surface area contributed by atoms with Crippen LogP contribution in [0.25, 0.3) is 0 Å². The Kier molecular flexibility index (Phi) is 13.0. The molecule has 5 rings (SSSR count). The summed E-state index contributed by atoms with van der Waals surface area (Å²) in [6.45, 7) is 6.93. The van der Waals surface area contributed by atoms with Gasteiger partial charge in [0, 0.05) is 37.7 Å². The van der Waals surface area contributed by atoms with Crippen LogP contribution in [0.3, 0.4) is 0 Å². The third-order valence-electron chi connectivity index (χ3n) is 10.5. The number of phenolic OH excluding ortho intramolecular Hbond substituents is 1. The summed E-state index contributed by atoms with van der Waals surface area (Å²) < 4.78 is 19.5. The first-order valence-electron chi connectivity index (χ1n) is 18.1. The van der Waals surface area contributed by atoms with Gasteiger partial charge < -0.3 is 39.3 Å². The van der Waals surface area contributed by atoms with Crippen LogP contribution in [0.15, 0.2) is 71.9 Å². The third-order valence-corrected chi connectivity index (χ3v) is 10.5. The number of amides is 1. The summed E-state index contributed by atoms with van der Waals surface area (Å²) in [5, 5.41) is 34.9. The maximum absolute atomic E-state index is 14.5. The van der Waals surface area contributed by atoms with Gasteiger partial charge in [0.15, 0.2) is 0 Å². The number of carbonyl (C=O) groups is 1. The van der Waals surface area contributed by atoms with Crippen LogP contribution in [-0.2, 0) is 20.8 Å². The number of hydrogen-bond donors (Lipinski definition) is 3. The zero-order chi connectivity index (χ0) is 35.7. The van der Waals surface area contributed by atoms with Crippen LogP contribution >= 0.6 is 0 Å². The van der Waals surface area contributed by atoms with Crippen LogP contribution in [-0.4, -0.2) is 84.3 Å². The molecule has 6 atom stereocenters. The molecule has 1 aliphatic heterocycles. The Morgan fingerprint density at radius 1 is 1.10 bits per heavy atom. The minimum absolute atomic E-state index is 0.0651. The molecule has 0 radical (unpaired) electrons. The van der Waals surface area contributed by atoms with E-state index in [2.05, 4.69) is 24.7 Å². The van der Waals surface area contributed by atoms with Crippen molar-refractivity contribution in [2.75, 3.05) is 40.6 Å². The number of unbranched alkanes of at least 4 members (excludes halogenated alkanes) is 2. The zero-order valence-electron chi connectivity index (χ0n) is 29.8. The average molecular weight is 691 g/mol. The predicted molar refractivity (Wildman–Crippen MR) is 192 cm³/mol. The second-order valence-corrected chi connectivity index (χ2v) is 13.6. The van der Waals surface area contributed by atoms with Gasteiger partial charge in [-0.2, -0.15) is 0 Å². The van der Waals surface area contributed by atoms with Gasteiger partial charge in [-0.3, -0.25) is 4.79 Å². The molecule has 0 spiro atoms. The summed E-state index contributed by atoms with van der Waals surface area (Å²) in [5.41, 5.74) is 3.44. The highest BCUT2D eigenvalue weighted by Gasteiger charge is 2.65. The van der Waals surface area contributed by atoms with Gasteiger partial charge in [0.05, 0.1) is 31.8 Å². The molecule has 10 heteroatoms. The lowest BCUT2D eigenvalue weighted by Crippen LogP contribution is -2.70. The fourth-order valence-electron chi connectivity index (χ4n) is 8.52. The van der Waals surface area contributed by atoms with E-state index in [1.54, 1.807) is 25.3 Å². The Labute approximate surface area is 296 Å². The van der Waals surface area contributed by atoms with Crippen molar-refractivity contribution in [1.82, 2.24) is 4.90 Å². The lowest BCUT2D eigenvalue weighted by Gasteiger charge is -2.60. The molecule has 2 aromatic rings. The third kappa shape index (κ3) is 7.72. The summed E-state index contributed by atoms with van der Waals surface area (Å²) >= 11 is 0. The molecule has 0 bridgehead atoms. The molecule has 2 aliphatic carbocycles. The van der Waals surface area contributed by atoms with Crippen molar-refractivity contribution in [2.45, 2.75) is 82.5 Å². The molecule has 272 valence electrons. The molecular weight excluding hydrogens is 636 g/mol. The van der Waals surface area contributed by atoms with Crippen LogP contribution in [0, 0.1) is 17.8 Å². The van der Waals surface area contributed by atoms with Crippen LogP contribution < -0.4 is 9.47 Å². The molecule has 50 heavy (non-hydrogen) atoms. The Morgan fingerprint density at radius 2 is 1.88 bits per heavy atom. The lowest BCUT2D eigenvalue weighted by molar-refractivity contribution is -0.257. The summed E-state index contributed by atoms with van der Waals surface area (Å²) in [4.78, 5) is 21.9. The highest BCUT2D eigenvalue weighted by atomic mass is 16.7. The number of rotatable bonds is 18. The number of benzene rings is 2.